The molecule has 1 aliphatic rings. The van der Waals surface area contributed by atoms with Gasteiger partial charge in [-0.3, -0.25) is 9.89 Å². The number of aromatic amines is 1. The first-order valence-electron chi connectivity index (χ1n) is 6.37. The van der Waals surface area contributed by atoms with E-state index >= 15 is 0 Å². The third-order valence-corrected chi connectivity index (χ3v) is 3.41. The summed E-state index contributed by atoms with van der Waals surface area (Å²) in [4.78, 5) is 18.0. The molecular formula is C12H20N4O. The van der Waals surface area contributed by atoms with Crippen molar-refractivity contribution in [3.05, 3.63) is 11.6 Å². The van der Waals surface area contributed by atoms with Gasteiger partial charge in [-0.05, 0) is 18.8 Å². The molecule has 94 valence electrons. The average Bonchev–Trinajstić information content (AvgIpc) is 2.98. The molecule has 1 N–H and O–H groups in total. The molecule has 1 aliphatic carbocycles. The quantitative estimate of drug-likeness (QED) is 0.864. The topological polar surface area (TPSA) is 61.9 Å². The van der Waals surface area contributed by atoms with Crippen LogP contribution in [0.5, 0.6) is 0 Å². The van der Waals surface area contributed by atoms with Gasteiger partial charge in [0.25, 0.3) is 5.91 Å². The molecule has 0 radical (unpaired) electrons. The molecule has 0 saturated heterocycles. The van der Waals surface area contributed by atoms with Gasteiger partial charge in [-0.2, -0.15) is 0 Å². The standard InChI is InChI=1S/C12H20N4O/c1-3-10-13-11(15-14-10)12(17)16(2)8-9-6-4-5-7-9/h9H,3-8H2,1-2H3,(H,13,14,15). The molecule has 2 rings (SSSR count). The van der Waals surface area contributed by atoms with E-state index in [1.807, 2.05) is 14.0 Å². The molecule has 1 amide bonds. The summed E-state index contributed by atoms with van der Waals surface area (Å²) >= 11 is 0. The summed E-state index contributed by atoms with van der Waals surface area (Å²) < 4.78 is 0. The number of nitrogens with one attached hydrogen (secondary N) is 1. The Morgan fingerprint density at radius 2 is 2.18 bits per heavy atom. The van der Waals surface area contributed by atoms with Crippen molar-refractivity contribution in [1.82, 2.24) is 20.1 Å². The molecule has 1 heterocycles. The van der Waals surface area contributed by atoms with Crippen LogP contribution in [0.1, 0.15) is 49.1 Å². The molecule has 1 aromatic heterocycles. The van der Waals surface area contributed by atoms with Crippen molar-refractivity contribution in [3.8, 4) is 0 Å². The molecule has 1 fully saturated rings. The smallest absolute Gasteiger partial charge is 0.293 e. The van der Waals surface area contributed by atoms with Crippen LogP contribution in [-0.2, 0) is 6.42 Å². The lowest BCUT2D eigenvalue weighted by Gasteiger charge is -2.19. The second-order valence-electron chi connectivity index (χ2n) is 4.80. The summed E-state index contributed by atoms with van der Waals surface area (Å²) in [7, 11) is 1.84. The summed E-state index contributed by atoms with van der Waals surface area (Å²) in [5, 5.41) is 6.73. The maximum absolute atomic E-state index is 12.0. The van der Waals surface area contributed by atoms with E-state index in [9.17, 15) is 4.79 Å². The minimum atomic E-state index is -0.0761. The van der Waals surface area contributed by atoms with E-state index in [0.29, 0.717) is 11.7 Å². The highest BCUT2D eigenvalue weighted by Crippen LogP contribution is 2.25. The van der Waals surface area contributed by atoms with Crippen LogP contribution in [0, 0.1) is 5.92 Å². The van der Waals surface area contributed by atoms with E-state index in [1.165, 1.54) is 25.7 Å². The Hall–Kier alpha value is -1.39. The van der Waals surface area contributed by atoms with Crippen molar-refractivity contribution >= 4 is 5.91 Å². The van der Waals surface area contributed by atoms with Crippen molar-refractivity contribution in [1.29, 1.82) is 0 Å². The summed E-state index contributed by atoms with van der Waals surface area (Å²) in [5.41, 5.74) is 0. The number of hydrogen-bond acceptors (Lipinski definition) is 3. The number of aromatic nitrogens is 3. The van der Waals surface area contributed by atoms with Crippen molar-refractivity contribution in [2.45, 2.75) is 39.0 Å². The lowest BCUT2D eigenvalue weighted by atomic mass is 10.1. The van der Waals surface area contributed by atoms with Crippen LogP contribution in [-0.4, -0.2) is 39.6 Å². The Labute approximate surface area is 102 Å². The fraction of sp³-hybridized carbons (Fsp3) is 0.750. The second kappa shape index (κ2) is 5.29. The first-order valence-corrected chi connectivity index (χ1v) is 6.37. The minimum absolute atomic E-state index is 0.0761. The molecule has 0 unspecified atom stereocenters. The maximum Gasteiger partial charge on any atom is 0.293 e. The Kier molecular flexibility index (Phi) is 3.76. The van der Waals surface area contributed by atoms with Gasteiger partial charge < -0.3 is 4.90 Å². The van der Waals surface area contributed by atoms with Crippen LogP contribution >= 0.6 is 0 Å². The lowest BCUT2D eigenvalue weighted by Crippen LogP contribution is -2.31. The van der Waals surface area contributed by atoms with E-state index in [0.717, 1.165) is 18.8 Å². The first-order chi connectivity index (χ1) is 8.20. The van der Waals surface area contributed by atoms with E-state index in [-0.39, 0.29) is 5.91 Å². The Balaban J connectivity index is 1.93. The molecule has 0 aliphatic heterocycles. The van der Waals surface area contributed by atoms with Crippen molar-refractivity contribution < 1.29 is 4.79 Å². The SMILES string of the molecule is CCc1nc(C(=O)N(C)CC2CCCC2)n[nH]1. The van der Waals surface area contributed by atoms with E-state index in [1.54, 1.807) is 4.90 Å². The second-order valence-corrected chi connectivity index (χ2v) is 4.80. The van der Waals surface area contributed by atoms with Gasteiger partial charge in [0.2, 0.25) is 5.82 Å². The van der Waals surface area contributed by atoms with Crippen LogP contribution in [0.3, 0.4) is 0 Å². The fourth-order valence-electron chi connectivity index (χ4n) is 2.38. The molecule has 5 heteroatoms. The summed E-state index contributed by atoms with van der Waals surface area (Å²) in [6.07, 6.45) is 5.85. The third kappa shape index (κ3) is 2.84. The van der Waals surface area contributed by atoms with Crippen molar-refractivity contribution in [2.24, 2.45) is 5.92 Å². The van der Waals surface area contributed by atoms with Gasteiger partial charge in [0.1, 0.15) is 5.82 Å². The molecule has 0 bridgehead atoms. The van der Waals surface area contributed by atoms with Crippen LogP contribution in [0.2, 0.25) is 0 Å². The van der Waals surface area contributed by atoms with Gasteiger partial charge in [-0.25, -0.2) is 4.98 Å². The highest BCUT2D eigenvalue weighted by Gasteiger charge is 2.22. The highest BCUT2D eigenvalue weighted by atomic mass is 16.2. The Bertz CT molecular complexity index is 382. The molecule has 0 aromatic carbocycles. The Morgan fingerprint density at radius 1 is 1.47 bits per heavy atom. The minimum Gasteiger partial charge on any atom is -0.339 e. The molecular weight excluding hydrogens is 216 g/mol. The molecule has 17 heavy (non-hydrogen) atoms. The van der Waals surface area contributed by atoms with Crippen LogP contribution in [0.25, 0.3) is 0 Å². The fourth-order valence-corrected chi connectivity index (χ4v) is 2.38. The van der Waals surface area contributed by atoms with Gasteiger partial charge in [0.05, 0.1) is 0 Å². The number of nitrogens with zero attached hydrogens (tertiary/aromatic N) is 3. The number of amides is 1. The number of aryl methyl sites for hydroxylation is 1. The molecule has 0 atom stereocenters. The number of carbonyl (C=O) groups excluding carboxylic acids is 1. The van der Waals surface area contributed by atoms with Gasteiger partial charge in [-0.15, -0.1) is 5.10 Å². The van der Waals surface area contributed by atoms with Gasteiger partial charge in [0.15, 0.2) is 0 Å². The zero-order chi connectivity index (χ0) is 12.3. The summed E-state index contributed by atoms with van der Waals surface area (Å²) in [5.74, 6) is 1.64. The third-order valence-electron chi connectivity index (χ3n) is 3.41. The monoisotopic (exact) mass is 236 g/mol. The largest absolute Gasteiger partial charge is 0.339 e. The molecule has 1 aromatic rings. The number of hydrogen-bond donors (Lipinski definition) is 1. The summed E-state index contributed by atoms with van der Waals surface area (Å²) in [6, 6.07) is 0. The van der Waals surface area contributed by atoms with Gasteiger partial charge in [-0.1, -0.05) is 19.8 Å². The molecule has 5 nitrogen and oxygen atoms in total. The maximum atomic E-state index is 12.0. The number of rotatable bonds is 4. The zero-order valence-electron chi connectivity index (χ0n) is 10.6. The number of H-pyrrole nitrogens is 1. The van der Waals surface area contributed by atoms with Crippen molar-refractivity contribution in [2.75, 3.05) is 13.6 Å². The summed E-state index contributed by atoms with van der Waals surface area (Å²) in [6.45, 7) is 2.81. The van der Waals surface area contributed by atoms with Gasteiger partial charge >= 0.3 is 0 Å². The predicted octanol–water partition coefficient (Wildman–Crippen LogP) is 1.63. The van der Waals surface area contributed by atoms with Crippen LogP contribution in [0.4, 0.5) is 0 Å². The predicted molar refractivity (Wildman–Crippen MR) is 64.7 cm³/mol. The molecule has 1 saturated carbocycles. The normalized spacial score (nSPS) is 16.4. The van der Waals surface area contributed by atoms with Crippen LogP contribution in [0.15, 0.2) is 0 Å². The van der Waals surface area contributed by atoms with E-state index in [2.05, 4.69) is 15.2 Å². The first kappa shape index (κ1) is 12.1. The number of carbonyl (C=O) groups is 1. The van der Waals surface area contributed by atoms with Crippen LogP contribution < -0.4 is 0 Å². The van der Waals surface area contributed by atoms with E-state index in [4.69, 9.17) is 0 Å². The lowest BCUT2D eigenvalue weighted by molar-refractivity contribution is 0.0761. The van der Waals surface area contributed by atoms with Gasteiger partial charge in [0, 0.05) is 20.0 Å². The van der Waals surface area contributed by atoms with E-state index < -0.39 is 0 Å². The Morgan fingerprint density at radius 3 is 2.76 bits per heavy atom. The average molecular weight is 236 g/mol. The van der Waals surface area contributed by atoms with Crippen molar-refractivity contribution in [3.63, 3.8) is 0 Å². The molecule has 0 spiro atoms. The highest BCUT2D eigenvalue weighted by molar-refractivity contribution is 5.90. The zero-order valence-corrected chi connectivity index (χ0v) is 10.6.